The summed E-state index contributed by atoms with van der Waals surface area (Å²) in [5.41, 5.74) is 2.01. The molecule has 0 aliphatic rings. The normalized spacial score (nSPS) is 10.5. The number of aromatic nitrogens is 2. The van der Waals surface area contributed by atoms with Crippen molar-refractivity contribution in [3.8, 4) is 11.6 Å². The summed E-state index contributed by atoms with van der Waals surface area (Å²) in [5, 5.41) is 0. The molecule has 0 aliphatic carbocycles. The Kier molecular flexibility index (Phi) is 5.16. The number of halogens is 2. The molecule has 0 bridgehead atoms. The number of hydrogen-bond acceptors (Lipinski definition) is 3. The number of alkyl halides is 1. The van der Waals surface area contributed by atoms with Gasteiger partial charge in [0.2, 0.25) is 5.88 Å². The minimum atomic E-state index is 0.451. The summed E-state index contributed by atoms with van der Waals surface area (Å²) in [7, 11) is 0. The van der Waals surface area contributed by atoms with Crippen molar-refractivity contribution >= 4 is 27.5 Å². The van der Waals surface area contributed by atoms with E-state index in [0.29, 0.717) is 17.5 Å². The van der Waals surface area contributed by atoms with Gasteiger partial charge in [0.1, 0.15) is 5.75 Å². The van der Waals surface area contributed by atoms with Gasteiger partial charge in [-0.05, 0) is 40.0 Å². The molecule has 3 nitrogen and oxygen atoms in total. The zero-order valence-corrected chi connectivity index (χ0v) is 12.9. The first kappa shape index (κ1) is 14.3. The summed E-state index contributed by atoms with van der Waals surface area (Å²) in [4.78, 5) is 8.53. The molecule has 0 N–H and O–H groups in total. The maximum Gasteiger partial charge on any atom is 0.219 e. The molecular weight excluding hydrogens is 328 g/mol. The third-order valence-electron chi connectivity index (χ3n) is 2.48. The van der Waals surface area contributed by atoms with Crippen LogP contribution in [0.15, 0.2) is 35.1 Å². The number of ether oxygens (including phenoxy) is 1. The molecule has 2 aromatic rings. The molecule has 0 unspecified atom stereocenters. The van der Waals surface area contributed by atoms with Crippen molar-refractivity contribution in [3.63, 3.8) is 0 Å². The molecule has 0 amide bonds. The average Bonchev–Trinajstić information content (AvgIpc) is 2.39. The molecule has 0 fully saturated rings. The first-order chi connectivity index (χ1) is 9.21. The summed E-state index contributed by atoms with van der Waals surface area (Å²) in [6.45, 7) is 2.12. The highest BCUT2D eigenvalue weighted by Gasteiger charge is 2.05. The van der Waals surface area contributed by atoms with Crippen molar-refractivity contribution in [1.82, 2.24) is 9.97 Å². The van der Waals surface area contributed by atoms with Crippen LogP contribution in [0.25, 0.3) is 0 Å². The van der Waals surface area contributed by atoms with Gasteiger partial charge < -0.3 is 4.74 Å². The van der Waals surface area contributed by atoms with E-state index in [0.717, 1.165) is 28.6 Å². The average molecular weight is 342 g/mol. The fourth-order valence-corrected chi connectivity index (χ4v) is 2.20. The van der Waals surface area contributed by atoms with Crippen LogP contribution in [0, 0.1) is 0 Å². The standard InChI is InChI=1S/C14H14BrClN2O/c1-2-3-12-4-10(7-16)5-14(18-12)19-13-6-11(15)8-17-9-13/h4-6,8-9H,2-3,7H2,1H3. The lowest BCUT2D eigenvalue weighted by molar-refractivity contribution is 0.457. The largest absolute Gasteiger partial charge is 0.437 e. The maximum absolute atomic E-state index is 5.90. The molecule has 2 aromatic heterocycles. The van der Waals surface area contributed by atoms with Crippen LogP contribution in [-0.4, -0.2) is 9.97 Å². The number of rotatable bonds is 5. The Morgan fingerprint density at radius 3 is 2.79 bits per heavy atom. The fraction of sp³-hybridized carbons (Fsp3) is 0.286. The Morgan fingerprint density at radius 2 is 2.11 bits per heavy atom. The highest BCUT2D eigenvalue weighted by molar-refractivity contribution is 9.10. The lowest BCUT2D eigenvalue weighted by Crippen LogP contribution is -1.96. The van der Waals surface area contributed by atoms with Gasteiger partial charge in [-0.25, -0.2) is 4.98 Å². The Balaban J connectivity index is 2.26. The number of pyridine rings is 2. The molecule has 0 atom stereocenters. The Morgan fingerprint density at radius 1 is 1.26 bits per heavy atom. The van der Waals surface area contributed by atoms with E-state index >= 15 is 0 Å². The van der Waals surface area contributed by atoms with E-state index in [1.54, 1.807) is 12.4 Å². The predicted octanol–water partition coefficient (Wildman–Crippen LogP) is 4.72. The van der Waals surface area contributed by atoms with Gasteiger partial charge in [0, 0.05) is 28.3 Å². The highest BCUT2D eigenvalue weighted by atomic mass is 79.9. The van der Waals surface area contributed by atoms with Crippen LogP contribution in [0.5, 0.6) is 11.6 Å². The summed E-state index contributed by atoms with van der Waals surface area (Å²) >= 11 is 9.26. The van der Waals surface area contributed by atoms with Crippen molar-refractivity contribution in [3.05, 3.63) is 46.3 Å². The Bertz CT molecular complexity index is 563. The van der Waals surface area contributed by atoms with Gasteiger partial charge in [-0.1, -0.05) is 13.3 Å². The lowest BCUT2D eigenvalue weighted by Gasteiger charge is -2.08. The summed E-state index contributed by atoms with van der Waals surface area (Å²) < 4.78 is 6.59. The molecule has 19 heavy (non-hydrogen) atoms. The van der Waals surface area contributed by atoms with E-state index < -0.39 is 0 Å². The summed E-state index contributed by atoms with van der Waals surface area (Å²) in [6, 6.07) is 5.72. The molecule has 0 aliphatic heterocycles. The second-order valence-electron chi connectivity index (χ2n) is 4.13. The quantitative estimate of drug-likeness (QED) is 0.738. The van der Waals surface area contributed by atoms with Crippen molar-refractivity contribution in [1.29, 1.82) is 0 Å². The number of hydrogen-bond donors (Lipinski definition) is 0. The molecule has 0 spiro atoms. The van der Waals surface area contributed by atoms with E-state index in [9.17, 15) is 0 Å². The third kappa shape index (κ3) is 4.18. The third-order valence-corrected chi connectivity index (χ3v) is 3.22. The molecule has 0 saturated carbocycles. The smallest absolute Gasteiger partial charge is 0.219 e. The van der Waals surface area contributed by atoms with E-state index in [1.165, 1.54) is 0 Å². The van der Waals surface area contributed by atoms with Crippen molar-refractivity contribution in [2.45, 2.75) is 25.6 Å². The molecule has 2 rings (SSSR count). The minimum Gasteiger partial charge on any atom is -0.437 e. The van der Waals surface area contributed by atoms with Gasteiger partial charge in [0.05, 0.1) is 6.20 Å². The molecule has 5 heteroatoms. The van der Waals surface area contributed by atoms with E-state index in [-0.39, 0.29) is 0 Å². The topological polar surface area (TPSA) is 35.0 Å². The van der Waals surface area contributed by atoms with Crippen molar-refractivity contribution in [2.24, 2.45) is 0 Å². The number of aryl methyl sites for hydroxylation is 1. The maximum atomic E-state index is 5.90. The van der Waals surface area contributed by atoms with Crippen LogP contribution in [0.4, 0.5) is 0 Å². The first-order valence-electron chi connectivity index (χ1n) is 6.05. The molecule has 2 heterocycles. The van der Waals surface area contributed by atoms with Gasteiger partial charge in [0.25, 0.3) is 0 Å². The Labute approximate surface area is 126 Å². The Hall–Kier alpha value is -1.13. The van der Waals surface area contributed by atoms with Crippen LogP contribution in [0.3, 0.4) is 0 Å². The monoisotopic (exact) mass is 340 g/mol. The van der Waals surface area contributed by atoms with E-state index in [1.807, 2.05) is 18.2 Å². The van der Waals surface area contributed by atoms with Crippen LogP contribution in [0.2, 0.25) is 0 Å². The second-order valence-corrected chi connectivity index (χ2v) is 5.31. The van der Waals surface area contributed by atoms with Gasteiger partial charge in [0.15, 0.2) is 0 Å². The predicted molar refractivity (Wildman–Crippen MR) is 79.8 cm³/mol. The SMILES string of the molecule is CCCc1cc(CCl)cc(Oc2cncc(Br)c2)n1. The molecule has 0 radical (unpaired) electrons. The van der Waals surface area contributed by atoms with E-state index in [2.05, 4.69) is 32.8 Å². The molecule has 0 saturated heterocycles. The van der Waals surface area contributed by atoms with Crippen LogP contribution in [-0.2, 0) is 12.3 Å². The second kappa shape index (κ2) is 6.87. The zero-order valence-electron chi connectivity index (χ0n) is 10.6. The lowest BCUT2D eigenvalue weighted by atomic mass is 10.2. The van der Waals surface area contributed by atoms with Crippen molar-refractivity contribution < 1.29 is 4.74 Å². The van der Waals surface area contributed by atoms with Crippen LogP contribution < -0.4 is 4.74 Å². The van der Waals surface area contributed by atoms with Crippen molar-refractivity contribution in [2.75, 3.05) is 0 Å². The van der Waals surface area contributed by atoms with Crippen LogP contribution in [0.1, 0.15) is 24.6 Å². The van der Waals surface area contributed by atoms with Gasteiger partial charge >= 0.3 is 0 Å². The zero-order chi connectivity index (χ0) is 13.7. The van der Waals surface area contributed by atoms with Gasteiger partial charge in [-0.2, -0.15) is 0 Å². The summed E-state index contributed by atoms with van der Waals surface area (Å²) in [6.07, 6.45) is 5.31. The number of nitrogens with zero attached hydrogens (tertiary/aromatic N) is 2. The minimum absolute atomic E-state index is 0.451. The fourth-order valence-electron chi connectivity index (χ4n) is 1.70. The highest BCUT2D eigenvalue weighted by Crippen LogP contribution is 2.24. The first-order valence-corrected chi connectivity index (χ1v) is 7.38. The molecule has 0 aromatic carbocycles. The molecular formula is C14H14BrClN2O. The van der Waals surface area contributed by atoms with Gasteiger partial charge in [-0.3, -0.25) is 4.98 Å². The summed E-state index contributed by atoms with van der Waals surface area (Å²) in [5.74, 6) is 1.66. The van der Waals surface area contributed by atoms with E-state index in [4.69, 9.17) is 16.3 Å². The van der Waals surface area contributed by atoms with Crippen LogP contribution >= 0.6 is 27.5 Å². The molecule has 100 valence electrons. The van der Waals surface area contributed by atoms with Gasteiger partial charge in [-0.15, -0.1) is 11.6 Å².